The topological polar surface area (TPSA) is 38.7 Å². The van der Waals surface area contributed by atoms with E-state index in [0.717, 1.165) is 6.42 Å². The third-order valence-corrected chi connectivity index (χ3v) is 1.99. The van der Waals surface area contributed by atoms with Crippen LogP contribution in [0.25, 0.3) is 0 Å². The third-order valence-electron chi connectivity index (χ3n) is 1.99. The van der Waals surface area contributed by atoms with Crippen molar-refractivity contribution in [2.45, 2.75) is 6.42 Å². The summed E-state index contributed by atoms with van der Waals surface area (Å²) in [6.45, 7) is 2.32. The van der Waals surface area contributed by atoms with Gasteiger partial charge in [0.05, 0.1) is 33.0 Å². The van der Waals surface area contributed by atoms with Gasteiger partial charge in [0.2, 0.25) is 0 Å². The molecule has 3 nitrogen and oxygen atoms in total. The van der Waals surface area contributed by atoms with Gasteiger partial charge in [-0.25, -0.2) is 0 Å². The van der Waals surface area contributed by atoms with Crippen LogP contribution in [-0.4, -0.2) is 38.1 Å². The molecular formula is C12H18O3. The Kier molecular flexibility index (Phi) is 6.83. The van der Waals surface area contributed by atoms with E-state index in [1.54, 1.807) is 0 Å². The molecule has 0 heterocycles. The van der Waals surface area contributed by atoms with Crippen LogP contribution in [0.5, 0.6) is 0 Å². The van der Waals surface area contributed by atoms with Gasteiger partial charge in [0.15, 0.2) is 0 Å². The predicted octanol–water partition coefficient (Wildman–Crippen LogP) is 1.25. The van der Waals surface area contributed by atoms with E-state index < -0.39 is 0 Å². The first kappa shape index (κ1) is 12.2. The Labute approximate surface area is 90.6 Å². The van der Waals surface area contributed by atoms with Crippen LogP contribution in [0.1, 0.15) is 5.56 Å². The molecule has 1 N–H and O–H groups in total. The number of aliphatic hydroxyl groups excluding tert-OH is 1. The van der Waals surface area contributed by atoms with E-state index in [0.29, 0.717) is 26.4 Å². The van der Waals surface area contributed by atoms with Crippen LogP contribution in [-0.2, 0) is 15.9 Å². The second-order valence-electron chi connectivity index (χ2n) is 3.18. The molecule has 0 radical (unpaired) electrons. The first-order valence-corrected chi connectivity index (χ1v) is 5.24. The number of hydrogen-bond donors (Lipinski definition) is 1. The second kappa shape index (κ2) is 8.41. The van der Waals surface area contributed by atoms with Crippen molar-refractivity contribution in [1.82, 2.24) is 0 Å². The van der Waals surface area contributed by atoms with Crippen molar-refractivity contribution in [2.75, 3.05) is 33.0 Å². The van der Waals surface area contributed by atoms with Gasteiger partial charge in [0.25, 0.3) is 0 Å². The first-order valence-electron chi connectivity index (χ1n) is 5.24. The van der Waals surface area contributed by atoms with Crippen LogP contribution >= 0.6 is 0 Å². The zero-order valence-corrected chi connectivity index (χ0v) is 8.89. The molecule has 0 aliphatic carbocycles. The van der Waals surface area contributed by atoms with Gasteiger partial charge in [-0.15, -0.1) is 0 Å². The minimum Gasteiger partial charge on any atom is -0.394 e. The molecule has 1 rings (SSSR count). The van der Waals surface area contributed by atoms with E-state index in [4.69, 9.17) is 14.6 Å². The van der Waals surface area contributed by atoms with Crippen LogP contribution in [0, 0.1) is 0 Å². The molecule has 3 heteroatoms. The maximum absolute atomic E-state index is 8.45. The van der Waals surface area contributed by atoms with Crippen LogP contribution in [0.15, 0.2) is 30.3 Å². The first-order chi connectivity index (χ1) is 7.43. The summed E-state index contributed by atoms with van der Waals surface area (Å²) < 4.78 is 10.4. The molecule has 0 aliphatic heterocycles. The average molecular weight is 210 g/mol. The third kappa shape index (κ3) is 6.23. The maximum atomic E-state index is 8.45. The lowest BCUT2D eigenvalue weighted by Gasteiger charge is -2.04. The van der Waals surface area contributed by atoms with Gasteiger partial charge in [-0.2, -0.15) is 0 Å². The normalized spacial score (nSPS) is 10.5. The Morgan fingerprint density at radius 2 is 1.53 bits per heavy atom. The molecule has 15 heavy (non-hydrogen) atoms. The SMILES string of the molecule is OCCOCCOCCc1ccccc1. The summed E-state index contributed by atoms with van der Waals surface area (Å²) >= 11 is 0. The Hall–Kier alpha value is -0.900. The standard InChI is InChI=1S/C12H18O3/c13-7-9-15-11-10-14-8-6-12-4-2-1-3-5-12/h1-5,13H,6-11H2. The lowest BCUT2D eigenvalue weighted by molar-refractivity contribution is 0.0340. The quantitative estimate of drug-likeness (QED) is 0.656. The molecule has 0 fully saturated rings. The van der Waals surface area contributed by atoms with E-state index in [2.05, 4.69) is 12.1 Å². The van der Waals surface area contributed by atoms with E-state index in [1.165, 1.54) is 5.56 Å². The lowest BCUT2D eigenvalue weighted by Crippen LogP contribution is -2.08. The summed E-state index contributed by atoms with van der Waals surface area (Å²) in [7, 11) is 0. The van der Waals surface area contributed by atoms with Gasteiger partial charge in [0.1, 0.15) is 0 Å². The summed E-state index contributed by atoms with van der Waals surface area (Å²) in [5, 5.41) is 8.45. The van der Waals surface area contributed by atoms with Crippen molar-refractivity contribution < 1.29 is 14.6 Å². The fourth-order valence-electron chi connectivity index (χ4n) is 1.22. The zero-order chi connectivity index (χ0) is 10.8. The van der Waals surface area contributed by atoms with Crippen molar-refractivity contribution >= 4 is 0 Å². The maximum Gasteiger partial charge on any atom is 0.0701 e. The Morgan fingerprint density at radius 3 is 2.20 bits per heavy atom. The molecule has 0 unspecified atom stereocenters. The van der Waals surface area contributed by atoms with E-state index in [9.17, 15) is 0 Å². The van der Waals surface area contributed by atoms with E-state index in [-0.39, 0.29) is 6.61 Å². The fraction of sp³-hybridized carbons (Fsp3) is 0.500. The molecule has 0 aromatic heterocycles. The molecule has 0 bridgehead atoms. The summed E-state index contributed by atoms with van der Waals surface area (Å²) in [5.41, 5.74) is 1.29. The minimum atomic E-state index is 0.0734. The predicted molar refractivity (Wildman–Crippen MR) is 58.9 cm³/mol. The molecule has 0 aliphatic rings. The molecule has 84 valence electrons. The van der Waals surface area contributed by atoms with Crippen LogP contribution < -0.4 is 0 Å². The van der Waals surface area contributed by atoms with Gasteiger partial charge in [-0.1, -0.05) is 30.3 Å². The highest BCUT2D eigenvalue weighted by Crippen LogP contribution is 1.99. The largest absolute Gasteiger partial charge is 0.394 e. The Bertz CT molecular complexity index is 236. The molecular weight excluding hydrogens is 192 g/mol. The number of hydrogen-bond acceptors (Lipinski definition) is 3. The van der Waals surface area contributed by atoms with Gasteiger partial charge < -0.3 is 14.6 Å². The number of rotatable bonds is 8. The highest BCUT2D eigenvalue weighted by atomic mass is 16.5. The smallest absolute Gasteiger partial charge is 0.0701 e. The van der Waals surface area contributed by atoms with E-state index >= 15 is 0 Å². The molecule has 0 atom stereocenters. The summed E-state index contributed by atoms with van der Waals surface area (Å²) in [6.07, 6.45) is 0.931. The summed E-state index contributed by atoms with van der Waals surface area (Å²) in [6, 6.07) is 10.2. The van der Waals surface area contributed by atoms with Crippen molar-refractivity contribution in [1.29, 1.82) is 0 Å². The number of benzene rings is 1. The molecule has 0 amide bonds. The van der Waals surface area contributed by atoms with Crippen molar-refractivity contribution in [3.63, 3.8) is 0 Å². The van der Waals surface area contributed by atoms with Gasteiger partial charge in [0, 0.05) is 0 Å². The molecule has 0 saturated heterocycles. The number of ether oxygens (including phenoxy) is 2. The Morgan fingerprint density at radius 1 is 0.867 bits per heavy atom. The summed E-state index contributed by atoms with van der Waals surface area (Å²) in [5.74, 6) is 0. The average Bonchev–Trinajstić information content (AvgIpc) is 2.29. The zero-order valence-electron chi connectivity index (χ0n) is 8.89. The van der Waals surface area contributed by atoms with E-state index in [1.807, 2.05) is 18.2 Å². The molecule has 1 aromatic carbocycles. The minimum absolute atomic E-state index is 0.0734. The fourth-order valence-corrected chi connectivity index (χ4v) is 1.22. The van der Waals surface area contributed by atoms with Crippen molar-refractivity contribution in [3.8, 4) is 0 Å². The monoisotopic (exact) mass is 210 g/mol. The van der Waals surface area contributed by atoms with Gasteiger partial charge in [-0.3, -0.25) is 0 Å². The Balaban J connectivity index is 1.93. The van der Waals surface area contributed by atoms with Crippen LogP contribution in [0.4, 0.5) is 0 Å². The summed E-state index contributed by atoms with van der Waals surface area (Å²) in [4.78, 5) is 0. The molecule has 0 spiro atoms. The van der Waals surface area contributed by atoms with Crippen molar-refractivity contribution in [2.24, 2.45) is 0 Å². The van der Waals surface area contributed by atoms with Crippen molar-refractivity contribution in [3.05, 3.63) is 35.9 Å². The van der Waals surface area contributed by atoms with Gasteiger partial charge in [-0.05, 0) is 12.0 Å². The van der Waals surface area contributed by atoms with Crippen LogP contribution in [0.2, 0.25) is 0 Å². The molecule has 0 saturated carbocycles. The number of aliphatic hydroxyl groups is 1. The van der Waals surface area contributed by atoms with Crippen LogP contribution in [0.3, 0.4) is 0 Å². The van der Waals surface area contributed by atoms with Gasteiger partial charge >= 0.3 is 0 Å². The second-order valence-corrected chi connectivity index (χ2v) is 3.18. The lowest BCUT2D eigenvalue weighted by atomic mass is 10.2. The highest BCUT2D eigenvalue weighted by Gasteiger charge is 1.92. The highest BCUT2D eigenvalue weighted by molar-refractivity contribution is 5.14. The molecule has 1 aromatic rings.